The van der Waals surface area contributed by atoms with Gasteiger partial charge in [-0.05, 0) is 48.9 Å². The van der Waals surface area contributed by atoms with Crippen LogP contribution >= 0.6 is 11.6 Å². The summed E-state index contributed by atoms with van der Waals surface area (Å²) in [6.07, 6.45) is 0. The maximum atomic E-state index is 11.8. The molecule has 0 unspecified atom stereocenters. The lowest BCUT2D eigenvalue weighted by Crippen LogP contribution is -2.21. The molecule has 0 aliphatic carbocycles. The number of hydrogen-bond acceptors (Lipinski definition) is 4. The minimum absolute atomic E-state index is 0.269. The lowest BCUT2D eigenvalue weighted by Gasteiger charge is -2.08. The molecule has 0 saturated carbocycles. The number of rotatable bonds is 4. The molecule has 2 aromatic carbocycles. The van der Waals surface area contributed by atoms with Gasteiger partial charge in [-0.2, -0.15) is 5.26 Å². The normalized spacial score (nSPS) is 9.78. The average Bonchev–Trinajstić information content (AvgIpc) is 2.55. The van der Waals surface area contributed by atoms with E-state index in [0.29, 0.717) is 16.3 Å². The third-order valence-electron chi connectivity index (χ3n) is 2.98. The summed E-state index contributed by atoms with van der Waals surface area (Å²) in [6, 6.07) is 13.1. The summed E-state index contributed by atoms with van der Waals surface area (Å²) in [4.78, 5) is 23.6. The van der Waals surface area contributed by atoms with Crippen LogP contribution in [0.5, 0.6) is 0 Å². The maximum Gasteiger partial charge on any atom is 0.338 e. The van der Waals surface area contributed by atoms with Crippen LogP contribution < -0.4 is 5.32 Å². The van der Waals surface area contributed by atoms with E-state index in [2.05, 4.69) is 5.32 Å². The largest absolute Gasteiger partial charge is 0.452 e. The number of nitrogens with zero attached hydrogens (tertiary/aromatic N) is 1. The van der Waals surface area contributed by atoms with Crippen LogP contribution in [0.3, 0.4) is 0 Å². The highest BCUT2D eigenvalue weighted by atomic mass is 35.5. The third kappa shape index (κ3) is 4.56. The average molecular weight is 329 g/mol. The maximum absolute atomic E-state index is 11.8. The van der Waals surface area contributed by atoms with Crippen molar-refractivity contribution in [1.82, 2.24) is 0 Å². The molecule has 0 bridgehead atoms. The number of benzene rings is 2. The van der Waals surface area contributed by atoms with Gasteiger partial charge in [0.15, 0.2) is 6.61 Å². The van der Waals surface area contributed by atoms with E-state index in [1.54, 1.807) is 12.1 Å². The molecule has 2 rings (SSSR count). The van der Waals surface area contributed by atoms with Gasteiger partial charge in [-0.15, -0.1) is 0 Å². The van der Waals surface area contributed by atoms with Crippen LogP contribution in [-0.4, -0.2) is 18.5 Å². The molecule has 0 atom stereocenters. The van der Waals surface area contributed by atoms with Crippen LogP contribution in [0.15, 0.2) is 42.5 Å². The number of ether oxygens (including phenoxy) is 1. The highest BCUT2D eigenvalue weighted by molar-refractivity contribution is 6.33. The number of carbonyl (C=O) groups is 2. The summed E-state index contributed by atoms with van der Waals surface area (Å²) in [5.74, 6) is -1.13. The smallest absolute Gasteiger partial charge is 0.338 e. The Balaban J connectivity index is 1.90. The van der Waals surface area contributed by atoms with Crippen LogP contribution in [0, 0.1) is 18.3 Å². The SMILES string of the molecule is Cc1ccc(NC(=O)COC(=O)c2ccc(C#N)cc2)c(Cl)c1. The molecule has 1 amide bonds. The molecule has 0 aromatic heterocycles. The quantitative estimate of drug-likeness (QED) is 0.873. The Morgan fingerprint density at radius 1 is 1.22 bits per heavy atom. The molecule has 0 aliphatic heterocycles. The van der Waals surface area contributed by atoms with Gasteiger partial charge in [0.1, 0.15) is 0 Å². The molecule has 0 spiro atoms. The number of carbonyl (C=O) groups excluding carboxylic acids is 2. The van der Waals surface area contributed by atoms with Crippen LogP contribution in [0.2, 0.25) is 5.02 Å². The van der Waals surface area contributed by atoms with Crippen molar-refractivity contribution in [2.75, 3.05) is 11.9 Å². The minimum atomic E-state index is -0.639. The molecule has 0 radical (unpaired) electrons. The number of halogens is 1. The highest BCUT2D eigenvalue weighted by Gasteiger charge is 2.11. The third-order valence-corrected chi connectivity index (χ3v) is 3.30. The van der Waals surface area contributed by atoms with Crippen molar-refractivity contribution >= 4 is 29.2 Å². The molecule has 2 aromatic rings. The van der Waals surface area contributed by atoms with E-state index in [1.807, 2.05) is 19.1 Å². The topological polar surface area (TPSA) is 79.2 Å². The summed E-state index contributed by atoms with van der Waals surface area (Å²) < 4.78 is 4.92. The van der Waals surface area contributed by atoms with Gasteiger partial charge in [-0.3, -0.25) is 4.79 Å². The van der Waals surface area contributed by atoms with E-state index in [0.717, 1.165) is 5.56 Å². The van der Waals surface area contributed by atoms with Crippen molar-refractivity contribution in [2.45, 2.75) is 6.92 Å². The van der Waals surface area contributed by atoms with E-state index >= 15 is 0 Å². The molecule has 1 N–H and O–H groups in total. The van der Waals surface area contributed by atoms with E-state index in [4.69, 9.17) is 21.6 Å². The zero-order valence-electron chi connectivity index (χ0n) is 12.3. The van der Waals surface area contributed by atoms with Crippen LogP contribution in [0.4, 0.5) is 5.69 Å². The molecule has 6 heteroatoms. The predicted molar refractivity (Wildman–Crippen MR) is 86.3 cm³/mol. The van der Waals surface area contributed by atoms with Gasteiger partial charge in [-0.1, -0.05) is 17.7 Å². The Morgan fingerprint density at radius 3 is 2.52 bits per heavy atom. The Bertz CT molecular complexity index is 779. The van der Waals surface area contributed by atoms with Gasteiger partial charge < -0.3 is 10.1 Å². The summed E-state index contributed by atoms with van der Waals surface area (Å²) in [5.41, 5.74) is 2.13. The lowest BCUT2D eigenvalue weighted by atomic mass is 10.1. The molecular formula is C17H13ClN2O3. The Labute approximate surface area is 138 Å². The zero-order valence-corrected chi connectivity index (χ0v) is 13.1. The molecule has 5 nitrogen and oxygen atoms in total. The monoisotopic (exact) mass is 328 g/mol. The first kappa shape index (κ1) is 16.5. The Hall–Kier alpha value is -2.84. The van der Waals surface area contributed by atoms with Crippen molar-refractivity contribution in [1.29, 1.82) is 5.26 Å². The zero-order chi connectivity index (χ0) is 16.8. The first-order chi connectivity index (χ1) is 11.0. The second-order valence-electron chi connectivity index (χ2n) is 4.80. The summed E-state index contributed by atoms with van der Waals surface area (Å²) in [5, 5.41) is 11.7. The summed E-state index contributed by atoms with van der Waals surface area (Å²) in [6.45, 7) is 1.46. The minimum Gasteiger partial charge on any atom is -0.452 e. The fourth-order valence-corrected chi connectivity index (χ4v) is 2.09. The van der Waals surface area contributed by atoms with Crippen molar-refractivity contribution in [3.05, 3.63) is 64.2 Å². The van der Waals surface area contributed by atoms with Gasteiger partial charge in [0.25, 0.3) is 5.91 Å². The van der Waals surface area contributed by atoms with Gasteiger partial charge in [0, 0.05) is 0 Å². The number of esters is 1. The summed E-state index contributed by atoms with van der Waals surface area (Å²) in [7, 11) is 0. The van der Waals surface area contributed by atoms with Crippen molar-refractivity contribution < 1.29 is 14.3 Å². The van der Waals surface area contributed by atoms with Crippen molar-refractivity contribution in [2.24, 2.45) is 0 Å². The molecule has 0 aliphatic rings. The predicted octanol–water partition coefficient (Wildman–Crippen LogP) is 3.32. The molecule has 0 heterocycles. The standard InChI is InChI=1S/C17H13ClN2O3/c1-11-2-7-15(14(18)8-11)20-16(21)10-23-17(22)13-5-3-12(9-19)4-6-13/h2-8H,10H2,1H3,(H,20,21). The van der Waals surface area contributed by atoms with E-state index in [1.165, 1.54) is 24.3 Å². The van der Waals surface area contributed by atoms with Gasteiger partial charge >= 0.3 is 5.97 Å². The van der Waals surface area contributed by atoms with Gasteiger partial charge in [0.05, 0.1) is 27.9 Å². The second-order valence-corrected chi connectivity index (χ2v) is 5.20. The second kappa shape index (κ2) is 7.43. The number of hydrogen-bond donors (Lipinski definition) is 1. The number of nitrogens with one attached hydrogen (secondary N) is 1. The van der Waals surface area contributed by atoms with Crippen molar-refractivity contribution in [3.8, 4) is 6.07 Å². The van der Waals surface area contributed by atoms with E-state index in [-0.39, 0.29) is 5.56 Å². The number of aryl methyl sites for hydroxylation is 1. The molecular weight excluding hydrogens is 316 g/mol. The van der Waals surface area contributed by atoms with Gasteiger partial charge in [0.2, 0.25) is 0 Å². The first-order valence-electron chi connectivity index (χ1n) is 6.73. The van der Waals surface area contributed by atoms with Crippen LogP contribution in [-0.2, 0) is 9.53 Å². The lowest BCUT2D eigenvalue weighted by molar-refractivity contribution is -0.119. The van der Waals surface area contributed by atoms with Crippen molar-refractivity contribution in [3.63, 3.8) is 0 Å². The molecule has 116 valence electrons. The molecule has 23 heavy (non-hydrogen) atoms. The fraction of sp³-hybridized carbons (Fsp3) is 0.118. The fourth-order valence-electron chi connectivity index (χ4n) is 1.80. The molecule has 0 saturated heterocycles. The van der Waals surface area contributed by atoms with Gasteiger partial charge in [-0.25, -0.2) is 4.79 Å². The number of amides is 1. The number of anilines is 1. The summed E-state index contributed by atoms with van der Waals surface area (Å²) >= 11 is 6.01. The highest BCUT2D eigenvalue weighted by Crippen LogP contribution is 2.22. The van der Waals surface area contributed by atoms with Crippen LogP contribution in [0.25, 0.3) is 0 Å². The van der Waals surface area contributed by atoms with E-state index in [9.17, 15) is 9.59 Å². The molecule has 0 fully saturated rings. The Morgan fingerprint density at radius 2 is 1.91 bits per heavy atom. The Kier molecular flexibility index (Phi) is 5.34. The number of nitriles is 1. The van der Waals surface area contributed by atoms with Crippen LogP contribution in [0.1, 0.15) is 21.5 Å². The first-order valence-corrected chi connectivity index (χ1v) is 7.10. The van der Waals surface area contributed by atoms with E-state index < -0.39 is 18.5 Å².